The van der Waals surface area contributed by atoms with Crippen molar-refractivity contribution >= 4 is 57.6 Å². The van der Waals surface area contributed by atoms with Crippen molar-refractivity contribution in [2.24, 2.45) is 0 Å². The molecule has 0 radical (unpaired) electrons. The molecule has 17 heavy (non-hydrogen) atoms. The van der Waals surface area contributed by atoms with E-state index in [1.807, 2.05) is 0 Å². The van der Waals surface area contributed by atoms with Crippen molar-refractivity contribution in [3.63, 3.8) is 0 Å². The zero-order chi connectivity index (χ0) is 13.0. The molecule has 1 aliphatic rings. The van der Waals surface area contributed by atoms with Gasteiger partial charge >= 0.3 is 0 Å². The van der Waals surface area contributed by atoms with Gasteiger partial charge in [0, 0.05) is 12.2 Å². The molecule has 0 aromatic rings. The van der Waals surface area contributed by atoms with E-state index in [0.717, 1.165) is 16.6 Å². The second-order valence-corrected chi connectivity index (χ2v) is 5.43. The van der Waals surface area contributed by atoms with Crippen LogP contribution < -0.4 is 5.32 Å². The number of thiol groups is 1. The molecule has 0 aliphatic carbocycles. The molecular weight excluding hydrogens is 278 g/mol. The summed E-state index contributed by atoms with van der Waals surface area (Å²) in [6.45, 7) is 0. The summed E-state index contributed by atoms with van der Waals surface area (Å²) < 4.78 is 0. The highest BCUT2D eigenvalue weighted by Gasteiger charge is 2.39. The predicted molar refractivity (Wildman–Crippen MR) is 76.4 cm³/mol. The van der Waals surface area contributed by atoms with E-state index in [2.05, 4.69) is 27.1 Å². The average molecular weight is 292 g/mol. The molecule has 2 unspecified atom stereocenters. The highest BCUT2D eigenvalue weighted by molar-refractivity contribution is 8.15. The molecule has 1 rings (SSSR count). The molecule has 1 heterocycles. The Hall–Kier alpha value is -0.0351. The van der Waals surface area contributed by atoms with Gasteiger partial charge in [-0.1, -0.05) is 11.8 Å². The lowest BCUT2D eigenvalue weighted by Crippen LogP contribution is -2.36. The monoisotopic (exact) mass is 292 g/mol. The molecular formula is C8H14BN2O3PS2. The van der Waals surface area contributed by atoms with Gasteiger partial charge in [0.1, 0.15) is 0 Å². The summed E-state index contributed by atoms with van der Waals surface area (Å²) in [7, 11) is 4.28. The normalized spacial score (nSPS) is 21.8. The molecule has 94 valence electrons. The molecule has 1 fully saturated rings. The van der Waals surface area contributed by atoms with Crippen LogP contribution in [0, 0.1) is 0 Å². The maximum absolute atomic E-state index is 11.8. The number of hydrogen-bond donors (Lipinski definition) is 2. The minimum absolute atomic E-state index is 0.104. The highest BCUT2D eigenvalue weighted by Crippen LogP contribution is 2.26. The first-order valence-electron chi connectivity index (χ1n) is 5.08. The number of carbonyl (C=O) groups excluding carboxylic acids is 3. The number of hydrogen-bond acceptors (Lipinski definition) is 6. The van der Waals surface area contributed by atoms with Crippen LogP contribution in [0.25, 0.3) is 0 Å². The first-order valence-corrected chi connectivity index (χ1v) is 7.40. The second kappa shape index (κ2) is 6.78. The Kier molecular flexibility index (Phi) is 5.99. The van der Waals surface area contributed by atoms with Crippen molar-refractivity contribution < 1.29 is 14.4 Å². The van der Waals surface area contributed by atoms with Crippen LogP contribution in [0.5, 0.6) is 0 Å². The number of imide groups is 1. The molecule has 1 aliphatic heterocycles. The maximum Gasteiger partial charge on any atom is 0.272 e. The third-order valence-corrected chi connectivity index (χ3v) is 4.36. The minimum Gasteiger partial charge on any atom is -0.327 e. The van der Waals surface area contributed by atoms with Crippen LogP contribution in [-0.4, -0.2) is 53.0 Å². The summed E-state index contributed by atoms with van der Waals surface area (Å²) in [6.07, 6.45) is 0.104. The van der Waals surface area contributed by atoms with Crippen molar-refractivity contribution in [2.45, 2.75) is 17.7 Å². The lowest BCUT2D eigenvalue weighted by Gasteiger charge is -2.14. The van der Waals surface area contributed by atoms with Gasteiger partial charge in [0.15, 0.2) is 0 Å². The Morgan fingerprint density at radius 3 is 2.82 bits per heavy atom. The summed E-state index contributed by atoms with van der Waals surface area (Å²) in [4.78, 5) is 36.1. The van der Waals surface area contributed by atoms with Gasteiger partial charge in [0.05, 0.1) is 11.3 Å². The summed E-state index contributed by atoms with van der Waals surface area (Å²) in [6, 6.07) is -0.392. The summed E-state index contributed by atoms with van der Waals surface area (Å²) in [5, 5.41) is 2.09. The SMILES string of the molecule is CN[C@@H](CS)C(=O)SC1CC(=O)N(BP)C1=O. The van der Waals surface area contributed by atoms with E-state index in [9.17, 15) is 14.4 Å². The van der Waals surface area contributed by atoms with E-state index in [0.29, 0.717) is 5.75 Å². The number of thioether (sulfide) groups is 1. The largest absolute Gasteiger partial charge is 0.327 e. The van der Waals surface area contributed by atoms with Gasteiger partial charge in [-0.3, -0.25) is 14.4 Å². The molecule has 1 saturated heterocycles. The number of nitrogens with one attached hydrogen (secondary N) is 1. The molecule has 0 aromatic heterocycles. The van der Waals surface area contributed by atoms with Gasteiger partial charge < -0.3 is 10.1 Å². The van der Waals surface area contributed by atoms with Gasteiger partial charge in [0.2, 0.25) is 16.9 Å². The van der Waals surface area contributed by atoms with Crippen molar-refractivity contribution in [2.75, 3.05) is 12.8 Å². The molecule has 0 aromatic carbocycles. The molecule has 2 amide bonds. The van der Waals surface area contributed by atoms with Crippen molar-refractivity contribution in [1.82, 2.24) is 10.1 Å². The Morgan fingerprint density at radius 2 is 2.41 bits per heavy atom. The first-order chi connectivity index (χ1) is 8.04. The molecule has 9 heteroatoms. The van der Waals surface area contributed by atoms with Crippen LogP contribution in [0.3, 0.4) is 0 Å². The Labute approximate surface area is 113 Å². The summed E-state index contributed by atoms with van der Waals surface area (Å²) in [5.41, 5.74) is 0. The van der Waals surface area contributed by atoms with E-state index >= 15 is 0 Å². The van der Waals surface area contributed by atoms with Crippen LogP contribution in [0.1, 0.15) is 6.42 Å². The minimum atomic E-state index is -0.578. The average Bonchev–Trinajstić information content (AvgIpc) is 2.55. The van der Waals surface area contributed by atoms with Crippen LogP contribution in [0.15, 0.2) is 0 Å². The van der Waals surface area contributed by atoms with Gasteiger partial charge in [-0.05, 0) is 7.05 Å². The summed E-state index contributed by atoms with van der Waals surface area (Å²) >= 11 is 4.97. The molecule has 0 saturated carbocycles. The maximum atomic E-state index is 11.8. The van der Waals surface area contributed by atoms with Crippen molar-refractivity contribution in [3.05, 3.63) is 0 Å². The van der Waals surface area contributed by atoms with Crippen LogP contribution >= 0.6 is 33.5 Å². The standard InChI is InChI=1S/C8H14BN2O3PS2/c1-10-4(3-16)8(14)17-5-2-6(12)11(9-15)7(5)13/h4-5,9-10,16H,2-3,15H2,1H3/t4-,5?/m0/s1. The number of likely N-dealkylation sites (N-methyl/N-ethyl adjacent to an activating group) is 1. The fourth-order valence-corrected chi connectivity index (χ4v) is 3.40. The summed E-state index contributed by atoms with van der Waals surface area (Å²) in [5.74, 6) is -0.135. The second-order valence-electron chi connectivity index (χ2n) is 3.50. The zero-order valence-corrected chi connectivity index (χ0v) is 12.2. The molecule has 0 bridgehead atoms. The lowest BCUT2D eigenvalue weighted by molar-refractivity contribution is -0.132. The van der Waals surface area contributed by atoms with Crippen molar-refractivity contribution in [1.29, 1.82) is 0 Å². The molecule has 5 nitrogen and oxygen atoms in total. The van der Waals surface area contributed by atoms with Crippen LogP contribution in [0.4, 0.5) is 0 Å². The Bertz CT molecular complexity index is 341. The predicted octanol–water partition coefficient (Wildman–Crippen LogP) is -0.967. The van der Waals surface area contributed by atoms with E-state index in [1.54, 1.807) is 7.05 Å². The lowest BCUT2D eigenvalue weighted by atomic mass is 10.3. The number of carbonyl (C=O) groups is 3. The highest BCUT2D eigenvalue weighted by atomic mass is 32.2. The van der Waals surface area contributed by atoms with Gasteiger partial charge in [-0.2, -0.15) is 12.6 Å². The fourth-order valence-electron chi connectivity index (χ4n) is 1.44. The third-order valence-electron chi connectivity index (χ3n) is 2.46. The van der Waals surface area contributed by atoms with Gasteiger partial charge in [0.25, 0.3) is 7.13 Å². The first kappa shape index (κ1) is 15.0. The van der Waals surface area contributed by atoms with Crippen LogP contribution in [-0.2, 0) is 14.4 Å². The third kappa shape index (κ3) is 3.47. The van der Waals surface area contributed by atoms with Crippen molar-refractivity contribution in [3.8, 4) is 0 Å². The van der Waals surface area contributed by atoms with Crippen LogP contribution in [0.2, 0.25) is 0 Å². The number of nitrogens with zero attached hydrogens (tertiary/aromatic N) is 1. The van der Waals surface area contributed by atoms with E-state index in [-0.39, 0.29) is 30.5 Å². The fraction of sp³-hybridized carbons (Fsp3) is 0.625. The van der Waals surface area contributed by atoms with Gasteiger partial charge in [-0.25, -0.2) is 0 Å². The quantitative estimate of drug-likeness (QED) is 0.295. The topological polar surface area (TPSA) is 66.5 Å². The Morgan fingerprint density at radius 1 is 1.76 bits per heavy atom. The molecule has 0 spiro atoms. The Balaban J connectivity index is 2.62. The molecule has 3 atom stereocenters. The van der Waals surface area contributed by atoms with E-state index in [1.165, 1.54) is 0 Å². The smallest absolute Gasteiger partial charge is 0.272 e. The van der Waals surface area contributed by atoms with E-state index in [4.69, 9.17) is 0 Å². The van der Waals surface area contributed by atoms with E-state index < -0.39 is 11.3 Å². The number of amides is 2. The molecule has 1 N–H and O–H groups in total. The van der Waals surface area contributed by atoms with Gasteiger partial charge in [-0.15, -0.1) is 9.12 Å². The number of rotatable bonds is 5. The zero-order valence-electron chi connectivity index (χ0n) is 9.38.